The molecule has 3 nitrogen and oxygen atoms in total. The van der Waals surface area contributed by atoms with Crippen molar-refractivity contribution in [3.8, 4) is 0 Å². The van der Waals surface area contributed by atoms with Crippen LogP contribution in [-0.4, -0.2) is 19.7 Å². The van der Waals surface area contributed by atoms with E-state index in [1.807, 2.05) is 6.92 Å². The average Bonchev–Trinajstić information content (AvgIpc) is 2.43. The van der Waals surface area contributed by atoms with E-state index in [-0.39, 0.29) is 5.75 Å². The summed E-state index contributed by atoms with van der Waals surface area (Å²) in [4.78, 5) is 5.42. The van der Waals surface area contributed by atoms with Gasteiger partial charge in [-0.3, -0.25) is 0 Å². The van der Waals surface area contributed by atoms with Crippen molar-refractivity contribution < 1.29 is 8.42 Å². The Morgan fingerprint density at radius 1 is 1.50 bits per heavy atom. The monoisotopic (exact) mass is 297 g/mol. The van der Waals surface area contributed by atoms with E-state index in [9.17, 15) is 8.42 Å². The Morgan fingerprint density at radius 2 is 2.14 bits per heavy atom. The number of nitrogens with zero attached hydrogens (tertiary/aromatic N) is 1. The lowest BCUT2D eigenvalue weighted by Gasteiger charge is -1.91. The highest BCUT2D eigenvalue weighted by Crippen LogP contribution is 2.23. The highest BCUT2D eigenvalue weighted by atomic mass is 79.9. The van der Waals surface area contributed by atoms with Gasteiger partial charge in [0.1, 0.15) is 10.8 Å². The molecule has 0 atom stereocenters. The maximum atomic E-state index is 11.1. The van der Waals surface area contributed by atoms with Crippen LogP contribution in [-0.2, 0) is 27.3 Å². The third-order valence-electron chi connectivity index (χ3n) is 1.66. The van der Waals surface area contributed by atoms with Gasteiger partial charge in [-0.2, -0.15) is 0 Å². The summed E-state index contributed by atoms with van der Waals surface area (Å²) in [6.45, 7) is 2.02. The summed E-state index contributed by atoms with van der Waals surface area (Å²) in [5.74, 6) is 0.0532. The lowest BCUT2D eigenvalue weighted by molar-refractivity contribution is 0.601. The van der Waals surface area contributed by atoms with E-state index in [1.54, 1.807) is 0 Å². The number of rotatable bonds is 4. The third kappa shape index (κ3) is 3.33. The van der Waals surface area contributed by atoms with Gasteiger partial charge in [-0.1, -0.05) is 22.9 Å². The van der Waals surface area contributed by atoms with Gasteiger partial charge in [0.25, 0.3) is 0 Å². The number of aromatic nitrogens is 1. The standard InChI is InChI=1S/C8H12BrNO2S2/c1-3-6-7(4-9)13-8(10-6)5-14(2,11)12/h3-5H2,1-2H3. The fraction of sp³-hybridized carbons (Fsp3) is 0.625. The molecule has 0 aromatic carbocycles. The lowest BCUT2D eigenvalue weighted by atomic mass is 10.3. The minimum absolute atomic E-state index is 0.0532. The maximum absolute atomic E-state index is 11.1. The second kappa shape index (κ2) is 4.72. The van der Waals surface area contributed by atoms with E-state index in [0.717, 1.165) is 22.3 Å². The molecule has 0 aliphatic rings. The summed E-state index contributed by atoms with van der Waals surface area (Å²) in [7, 11) is -2.96. The smallest absolute Gasteiger partial charge is 0.153 e. The molecule has 0 unspecified atom stereocenters. The van der Waals surface area contributed by atoms with Crippen LogP contribution in [0.25, 0.3) is 0 Å². The normalized spacial score (nSPS) is 11.9. The number of halogens is 1. The molecule has 0 saturated heterocycles. The Labute approximate surface area is 96.6 Å². The topological polar surface area (TPSA) is 47.0 Å². The first-order valence-corrected chi connectivity index (χ1v) is 8.17. The number of thiazole rings is 1. The van der Waals surface area contributed by atoms with Gasteiger partial charge in [0.2, 0.25) is 0 Å². The second-order valence-electron chi connectivity index (χ2n) is 3.03. The summed E-state index contributed by atoms with van der Waals surface area (Å²) < 4.78 is 22.1. The molecule has 6 heteroatoms. The average molecular weight is 298 g/mol. The summed E-state index contributed by atoms with van der Waals surface area (Å²) in [5.41, 5.74) is 1.01. The van der Waals surface area contributed by atoms with Crippen LogP contribution in [0.15, 0.2) is 0 Å². The molecule has 1 aromatic heterocycles. The van der Waals surface area contributed by atoms with Gasteiger partial charge in [0, 0.05) is 16.5 Å². The van der Waals surface area contributed by atoms with Crippen molar-refractivity contribution in [3.63, 3.8) is 0 Å². The fourth-order valence-corrected chi connectivity index (χ4v) is 3.96. The molecule has 0 N–H and O–H groups in total. The predicted octanol–water partition coefficient (Wildman–Crippen LogP) is 2.15. The molecule has 1 heterocycles. The molecule has 0 aliphatic carbocycles. The molecule has 0 fully saturated rings. The van der Waals surface area contributed by atoms with E-state index in [2.05, 4.69) is 20.9 Å². The summed E-state index contributed by atoms with van der Waals surface area (Å²) in [6.07, 6.45) is 2.08. The van der Waals surface area contributed by atoms with Crippen molar-refractivity contribution in [2.75, 3.05) is 6.26 Å². The van der Waals surface area contributed by atoms with Crippen LogP contribution in [0.4, 0.5) is 0 Å². The molecule has 80 valence electrons. The SMILES string of the molecule is CCc1nc(CS(C)(=O)=O)sc1CBr. The molecular formula is C8H12BrNO2S2. The van der Waals surface area contributed by atoms with Crippen LogP contribution in [0.1, 0.15) is 22.5 Å². The zero-order valence-corrected chi connectivity index (χ0v) is 11.3. The van der Waals surface area contributed by atoms with Gasteiger partial charge in [-0.25, -0.2) is 13.4 Å². The Hall–Kier alpha value is 0.0600. The number of sulfone groups is 1. The van der Waals surface area contributed by atoms with Gasteiger partial charge in [-0.15, -0.1) is 11.3 Å². The van der Waals surface area contributed by atoms with Gasteiger partial charge in [-0.05, 0) is 6.42 Å². The fourth-order valence-electron chi connectivity index (χ4n) is 1.10. The summed E-state index contributed by atoms with van der Waals surface area (Å²) in [5, 5.41) is 1.44. The first-order chi connectivity index (χ1) is 6.46. The summed E-state index contributed by atoms with van der Waals surface area (Å²) in [6, 6.07) is 0. The number of alkyl halides is 1. The Morgan fingerprint density at radius 3 is 2.50 bits per heavy atom. The van der Waals surface area contributed by atoms with Crippen LogP contribution in [0.5, 0.6) is 0 Å². The van der Waals surface area contributed by atoms with E-state index in [1.165, 1.54) is 17.6 Å². The first-order valence-electron chi connectivity index (χ1n) is 4.17. The van der Waals surface area contributed by atoms with Gasteiger partial charge in [0.05, 0.1) is 5.69 Å². The van der Waals surface area contributed by atoms with Crippen molar-refractivity contribution in [3.05, 3.63) is 15.6 Å². The van der Waals surface area contributed by atoms with Gasteiger partial charge < -0.3 is 0 Å². The number of aryl methyl sites for hydroxylation is 1. The molecule has 14 heavy (non-hydrogen) atoms. The lowest BCUT2D eigenvalue weighted by Crippen LogP contribution is -2.00. The maximum Gasteiger partial charge on any atom is 0.153 e. The highest BCUT2D eigenvalue weighted by molar-refractivity contribution is 9.08. The zero-order chi connectivity index (χ0) is 10.8. The Bertz CT molecular complexity index is 389. The minimum Gasteiger partial charge on any atom is -0.245 e. The van der Waals surface area contributed by atoms with E-state index in [4.69, 9.17) is 0 Å². The number of hydrogen-bond acceptors (Lipinski definition) is 4. The van der Waals surface area contributed by atoms with Crippen molar-refractivity contribution in [2.24, 2.45) is 0 Å². The minimum atomic E-state index is -2.96. The molecule has 0 aliphatic heterocycles. The molecular weight excluding hydrogens is 286 g/mol. The van der Waals surface area contributed by atoms with E-state index < -0.39 is 9.84 Å². The quantitative estimate of drug-likeness (QED) is 0.800. The zero-order valence-electron chi connectivity index (χ0n) is 8.08. The summed E-state index contributed by atoms with van der Waals surface area (Å²) >= 11 is 4.84. The molecule has 1 rings (SSSR count). The Kier molecular flexibility index (Phi) is 4.09. The van der Waals surface area contributed by atoms with E-state index >= 15 is 0 Å². The second-order valence-corrected chi connectivity index (χ2v) is 6.90. The molecule has 0 saturated carbocycles. The van der Waals surface area contributed by atoms with Crippen LogP contribution < -0.4 is 0 Å². The van der Waals surface area contributed by atoms with Crippen molar-refractivity contribution >= 4 is 37.1 Å². The van der Waals surface area contributed by atoms with Crippen molar-refractivity contribution in [2.45, 2.75) is 24.4 Å². The van der Waals surface area contributed by atoms with Crippen LogP contribution in [0.2, 0.25) is 0 Å². The highest BCUT2D eigenvalue weighted by Gasteiger charge is 2.12. The van der Waals surface area contributed by atoms with Crippen LogP contribution in [0, 0.1) is 0 Å². The molecule has 1 aromatic rings. The molecule has 0 bridgehead atoms. The predicted molar refractivity (Wildman–Crippen MR) is 62.7 cm³/mol. The van der Waals surface area contributed by atoms with Crippen LogP contribution in [0.3, 0.4) is 0 Å². The van der Waals surface area contributed by atoms with Crippen molar-refractivity contribution in [1.29, 1.82) is 0 Å². The largest absolute Gasteiger partial charge is 0.245 e. The van der Waals surface area contributed by atoms with Gasteiger partial charge >= 0.3 is 0 Å². The van der Waals surface area contributed by atoms with Gasteiger partial charge in [0.15, 0.2) is 9.84 Å². The molecule has 0 amide bonds. The van der Waals surface area contributed by atoms with Crippen molar-refractivity contribution in [1.82, 2.24) is 4.98 Å². The number of hydrogen-bond donors (Lipinski definition) is 0. The first kappa shape index (κ1) is 12.1. The third-order valence-corrected chi connectivity index (χ3v) is 4.67. The molecule has 0 spiro atoms. The Balaban J connectivity index is 2.96. The molecule has 0 radical (unpaired) electrons. The van der Waals surface area contributed by atoms with E-state index in [0.29, 0.717) is 5.01 Å². The van der Waals surface area contributed by atoms with Crippen LogP contribution >= 0.6 is 27.3 Å².